The summed E-state index contributed by atoms with van der Waals surface area (Å²) in [6.07, 6.45) is 3.95. The number of carbonyl (C=O) groups is 1. The van der Waals surface area contributed by atoms with Crippen molar-refractivity contribution in [2.75, 3.05) is 6.54 Å². The number of hydrogen-bond acceptors (Lipinski definition) is 3. The summed E-state index contributed by atoms with van der Waals surface area (Å²) in [5, 5.41) is 7.44. The van der Waals surface area contributed by atoms with Gasteiger partial charge in [0.05, 0.1) is 0 Å². The van der Waals surface area contributed by atoms with E-state index in [-0.39, 0.29) is 5.91 Å². The second-order valence-electron chi connectivity index (χ2n) is 3.77. The molecule has 0 fully saturated rings. The smallest absolute Gasteiger partial charge is 0.251 e. The van der Waals surface area contributed by atoms with Crippen LogP contribution in [0.2, 0.25) is 5.02 Å². The number of aryl methyl sites for hydroxylation is 1. The van der Waals surface area contributed by atoms with Crippen LogP contribution in [0.3, 0.4) is 0 Å². The highest BCUT2D eigenvalue weighted by molar-refractivity contribution is 6.30. The lowest BCUT2D eigenvalue weighted by molar-refractivity contribution is 0.0952. The number of halogens is 1. The van der Waals surface area contributed by atoms with Crippen LogP contribution in [0, 0.1) is 0 Å². The highest BCUT2D eigenvalue weighted by Crippen LogP contribution is 2.09. The van der Waals surface area contributed by atoms with Crippen molar-refractivity contribution in [3.05, 3.63) is 47.5 Å². The van der Waals surface area contributed by atoms with E-state index < -0.39 is 0 Å². The van der Waals surface area contributed by atoms with E-state index in [1.807, 2.05) is 0 Å². The first-order valence-electron chi connectivity index (χ1n) is 5.62. The largest absolute Gasteiger partial charge is 0.352 e. The van der Waals surface area contributed by atoms with E-state index in [2.05, 4.69) is 15.4 Å². The molecule has 1 N–H and O–H groups in total. The molecule has 94 valence electrons. The lowest BCUT2D eigenvalue weighted by Gasteiger charge is -2.05. The monoisotopic (exact) mass is 264 g/mol. The number of benzene rings is 1. The van der Waals surface area contributed by atoms with Gasteiger partial charge >= 0.3 is 0 Å². The van der Waals surface area contributed by atoms with Crippen molar-refractivity contribution in [2.24, 2.45) is 0 Å². The summed E-state index contributed by atoms with van der Waals surface area (Å²) in [6, 6.07) is 6.81. The Morgan fingerprint density at radius 1 is 1.33 bits per heavy atom. The Morgan fingerprint density at radius 3 is 2.78 bits per heavy atom. The van der Waals surface area contributed by atoms with Crippen LogP contribution in [0.1, 0.15) is 16.8 Å². The van der Waals surface area contributed by atoms with Gasteiger partial charge in [0.1, 0.15) is 12.7 Å². The lowest BCUT2D eigenvalue weighted by Crippen LogP contribution is -2.25. The number of carbonyl (C=O) groups excluding carboxylic acids is 1. The van der Waals surface area contributed by atoms with Gasteiger partial charge in [0, 0.05) is 23.7 Å². The minimum absolute atomic E-state index is 0.0924. The number of aromatic nitrogens is 3. The molecule has 18 heavy (non-hydrogen) atoms. The highest BCUT2D eigenvalue weighted by atomic mass is 35.5. The number of hydrogen-bond donors (Lipinski definition) is 1. The molecule has 0 spiro atoms. The first-order valence-corrected chi connectivity index (χ1v) is 6.00. The zero-order chi connectivity index (χ0) is 12.8. The maximum atomic E-state index is 11.7. The average Bonchev–Trinajstić information content (AvgIpc) is 2.88. The third-order valence-electron chi connectivity index (χ3n) is 2.42. The van der Waals surface area contributed by atoms with E-state index >= 15 is 0 Å². The molecule has 0 radical (unpaired) electrons. The quantitative estimate of drug-likeness (QED) is 0.837. The first kappa shape index (κ1) is 12.6. The summed E-state index contributed by atoms with van der Waals surface area (Å²) in [6.45, 7) is 1.34. The number of amides is 1. The van der Waals surface area contributed by atoms with E-state index in [0.717, 1.165) is 13.0 Å². The molecule has 2 aromatic rings. The first-order chi connectivity index (χ1) is 8.75. The second-order valence-corrected chi connectivity index (χ2v) is 4.21. The van der Waals surface area contributed by atoms with Gasteiger partial charge in [-0.25, -0.2) is 4.98 Å². The zero-order valence-corrected chi connectivity index (χ0v) is 10.5. The Morgan fingerprint density at radius 2 is 2.11 bits per heavy atom. The fourth-order valence-electron chi connectivity index (χ4n) is 1.49. The molecule has 1 heterocycles. The van der Waals surface area contributed by atoms with Gasteiger partial charge in [0.2, 0.25) is 0 Å². The molecule has 0 unspecified atom stereocenters. The van der Waals surface area contributed by atoms with Gasteiger partial charge in [0.15, 0.2) is 0 Å². The van der Waals surface area contributed by atoms with Gasteiger partial charge in [-0.15, -0.1) is 0 Å². The Labute approximate surface area is 110 Å². The summed E-state index contributed by atoms with van der Waals surface area (Å²) in [4.78, 5) is 15.6. The molecule has 5 nitrogen and oxygen atoms in total. The van der Waals surface area contributed by atoms with Gasteiger partial charge in [0.25, 0.3) is 5.91 Å². The molecular formula is C12H13ClN4O. The van der Waals surface area contributed by atoms with Crippen molar-refractivity contribution in [1.82, 2.24) is 20.1 Å². The van der Waals surface area contributed by atoms with E-state index in [0.29, 0.717) is 17.1 Å². The van der Waals surface area contributed by atoms with Crippen LogP contribution < -0.4 is 5.32 Å². The topological polar surface area (TPSA) is 59.8 Å². The van der Waals surface area contributed by atoms with E-state index in [9.17, 15) is 4.79 Å². The van der Waals surface area contributed by atoms with Crippen LogP contribution in [-0.4, -0.2) is 27.2 Å². The fourth-order valence-corrected chi connectivity index (χ4v) is 1.62. The summed E-state index contributed by atoms with van der Waals surface area (Å²) in [5.74, 6) is -0.0924. The predicted molar refractivity (Wildman–Crippen MR) is 68.4 cm³/mol. The van der Waals surface area contributed by atoms with Crippen LogP contribution in [0.4, 0.5) is 0 Å². The lowest BCUT2D eigenvalue weighted by atomic mass is 10.2. The van der Waals surface area contributed by atoms with Crippen molar-refractivity contribution in [3.8, 4) is 0 Å². The van der Waals surface area contributed by atoms with Crippen LogP contribution >= 0.6 is 11.6 Å². The van der Waals surface area contributed by atoms with E-state index in [1.54, 1.807) is 35.3 Å². The molecular weight excluding hydrogens is 252 g/mol. The molecule has 2 rings (SSSR count). The zero-order valence-electron chi connectivity index (χ0n) is 9.71. The normalized spacial score (nSPS) is 10.3. The van der Waals surface area contributed by atoms with Gasteiger partial charge < -0.3 is 5.32 Å². The minimum Gasteiger partial charge on any atom is -0.352 e. The van der Waals surface area contributed by atoms with Crippen LogP contribution in [0.15, 0.2) is 36.9 Å². The number of nitrogens with one attached hydrogen (secondary N) is 1. The molecule has 1 amide bonds. The van der Waals surface area contributed by atoms with Crippen LogP contribution in [0.5, 0.6) is 0 Å². The third-order valence-corrected chi connectivity index (χ3v) is 2.67. The van der Waals surface area contributed by atoms with Crippen LogP contribution in [-0.2, 0) is 6.54 Å². The van der Waals surface area contributed by atoms with Crippen molar-refractivity contribution in [3.63, 3.8) is 0 Å². The predicted octanol–water partition coefficient (Wildman–Crippen LogP) is 1.75. The molecule has 1 aromatic carbocycles. The Balaban J connectivity index is 1.73. The van der Waals surface area contributed by atoms with Crippen LogP contribution in [0.25, 0.3) is 0 Å². The SMILES string of the molecule is O=C(NCCCn1cncn1)c1ccc(Cl)cc1. The standard InChI is InChI=1S/C12H13ClN4O/c13-11-4-2-10(3-5-11)12(18)15-6-1-7-17-9-14-8-16-17/h2-5,8-9H,1,6-7H2,(H,15,18). The summed E-state index contributed by atoms with van der Waals surface area (Å²) in [7, 11) is 0. The fraction of sp³-hybridized carbons (Fsp3) is 0.250. The molecule has 0 saturated heterocycles. The average molecular weight is 265 g/mol. The summed E-state index contributed by atoms with van der Waals surface area (Å²) in [5.41, 5.74) is 0.611. The Hall–Kier alpha value is -1.88. The molecule has 0 saturated carbocycles. The molecule has 1 aromatic heterocycles. The number of nitrogens with zero attached hydrogens (tertiary/aromatic N) is 3. The molecule has 0 aliphatic heterocycles. The van der Waals surface area contributed by atoms with Gasteiger partial charge in [-0.2, -0.15) is 5.10 Å². The van der Waals surface area contributed by atoms with Gasteiger partial charge in [-0.1, -0.05) is 11.6 Å². The molecule has 0 bridgehead atoms. The molecule has 6 heteroatoms. The minimum atomic E-state index is -0.0924. The van der Waals surface area contributed by atoms with Crippen molar-refractivity contribution >= 4 is 17.5 Å². The van der Waals surface area contributed by atoms with E-state index in [1.165, 1.54) is 6.33 Å². The third kappa shape index (κ3) is 3.56. The van der Waals surface area contributed by atoms with E-state index in [4.69, 9.17) is 11.6 Å². The van der Waals surface area contributed by atoms with Crippen molar-refractivity contribution < 1.29 is 4.79 Å². The van der Waals surface area contributed by atoms with Crippen molar-refractivity contribution in [1.29, 1.82) is 0 Å². The molecule has 0 aliphatic rings. The summed E-state index contributed by atoms with van der Waals surface area (Å²) >= 11 is 5.75. The molecule has 0 atom stereocenters. The maximum absolute atomic E-state index is 11.7. The highest BCUT2D eigenvalue weighted by Gasteiger charge is 2.03. The Bertz CT molecular complexity index is 495. The van der Waals surface area contributed by atoms with Gasteiger partial charge in [-0.05, 0) is 30.7 Å². The van der Waals surface area contributed by atoms with Crippen molar-refractivity contribution in [2.45, 2.75) is 13.0 Å². The number of rotatable bonds is 5. The van der Waals surface area contributed by atoms with Gasteiger partial charge in [-0.3, -0.25) is 9.48 Å². The molecule has 0 aliphatic carbocycles. The maximum Gasteiger partial charge on any atom is 0.251 e. The Kier molecular flexibility index (Phi) is 4.30. The second kappa shape index (κ2) is 6.16. The summed E-state index contributed by atoms with van der Waals surface area (Å²) < 4.78 is 1.73.